The molecule has 4 nitrogen and oxygen atoms in total. The lowest BCUT2D eigenvalue weighted by atomic mass is 10.00. The summed E-state index contributed by atoms with van der Waals surface area (Å²) in [7, 11) is 0. The average Bonchev–Trinajstić information content (AvgIpc) is 2.70. The summed E-state index contributed by atoms with van der Waals surface area (Å²) in [6.07, 6.45) is 3.42. The highest BCUT2D eigenvalue weighted by Gasteiger charge is 2.40. The van der Waals surface area contributed by atoms with Crippen molar-refractivity contribution in [3.63, 3.8) is 0 Å². The molecule has 2 fully saturated rings. The summed E-state index contributed by atoms with van der Waals surface area (Å²) in [5.41, 5.74) is 0.503. The maximum atomic E-state index is 13.5. The van der Waals surface area contributed by atoms with Gasteiger partial charge in [-0.05, 0) is 31.7 Å². The number of fused-ring (bicyclic) bond motifs is 2. The summed E-state index contributed by atoms with van der Waals surface area (Å²) in [5.74, 6) is -0.370. The summed E-state index contributed by atoms with van der Waals surface area (Å²) in [4.78, 5) is 14.3. The molecule has 2 saturated heterocycles. The van der Waals surface area contributed by atoms with E-state index in [9.17, 15) is 14.3 Å². The van der Waals surface area contributed by atoms with Crippen molar-refractivity contribution >= 4 is 5.91 Å². The van der Waals surface area contributed by atoms with Crippen molar-refractivity contribution in [3.8, 4) is 0 Å². The molecule has 114 valence electrons. The van der Waals surface area contributed by atoms with E-state index in [-0.39, 0.29) is 24.4 Å². The van der Waals surface area contributed by atoms with Crippen LogP contribution in [0.3, 0.4) is 0 Å². The van der Waals surface area contributed by atoms with Gasteiger partial charge in [0.25, 0.3) is 0 Å². The van der Waals surface area contributed by atoms with Crippen molar-refractivity contribution in [3.05, 3.63) is 35.6 Å². The molecule has 2 heterocycles. The van der Waals surface area contributed by atoms with Crippen LogP contribution in [0, 0.1) is 5.82 Å². The van der Waals surface area contributed by atoms with Crippen molar-refractivity contribution in [2.24, 2.45) is 0 Å². The van der Waals surface area contributed by atoms with Crippen molar-refractivity contribution in [1.29, 1.82) is 0 Å². The molecule has 0 radical (unpaired) electrons. The fourth-order valence-electron chi connectivity index (χ4n) is 3.56. The first kappa shape index (κ1) is 14.5. The van der Waals surface area contributed by atoms with Gasteiger partial charge in [-0.1, -0.05) is 18.2 Å². The van der Waals surface area contributed by atoms with E-state index in [4.69, 9.17) is 0 Å². The Kier molecular flexibility index (Phi) is 4.22. The van der Waals surface area contributed by atoms with Crippen LogP contribution in [0.2, 0.25) is 0 Å². The third-order valence-electron chi connectivity index (χ3n) is 4.62. The van der Waals surface area contributed by atoms with E-state index in [1.54, 1.807) is 18.2 Å². The van der Waals surface area contributed by atoms with E-state index >= 15 is 0 Å². The van der Waals surface area contributed by atoms with E-state index in [0.29, 0.717) is 24.2 Å². The highest BCUT2D eigenvalue weighted by Crippen LogP contribution is 2.35. The molecule has 2 bridgehead atoms. The van der Waals surface area contributed by atoms with Gasteiger partial charge in [-0.15, -0.1) is 0 Å². The summed E-state index contributed by atoms with van der Waals surface area (Å²) >= 11 is 0. The molecule has 0 saturated carbocycles. The second-order valence-electron chi connectivity index (χ2n) is 6.05. The molecule has 0 aliphatic carbocycles. The molecule has 2 atom stereocenters. The van der Waals surface area contributed by atoms with Crippen molar-refractivity contribution in [2.45, 2.75) is 50.4 Å². The summed E-state index contributed by atoms with van der Waals surface area (Å²) in [6.45, 7) is 0.563. The van der Waals surface area contributed by atoms with Gasteiger partial charge in [0.1, 0.15) is 5.82 Å². The van der Waals surface area contributed by atoms with Crippen molar-refractivity contribution in [1.82, 2.24) is 10.2 Å². The molecule has 5 heteroatoms. The number of hydrogen-bond acceptors (Lipinski definition) is 3. The van der Waals surface area contributed by atoms with Crippen molar-refractivity contribution in [2.75, 3.05) is 6.54 Å². The molecule has 0 aromatic heterocycles. The molecule has 0 spiro atoms. The van der Waals surface area contributed by atoms with Gasteiger partial charge in [0.05, 0.1) is 12.6 Å². The standard InChI is InChI=1S/C16H21FN2O2/c17-15-4-2-1-3-11(15)9-18-16(21)10-19-12-5-6-13(19)8-14(20)7-12/h1-4,12-14,20H,5-10H2,(H,18,21). The number of rotatable bonds is 4. The van der Waals surface area contributed by atoms with Crippen LogP contribution >= 0.6 is 0 Å². The van der Waals surface area contributed by atoms with Crippen LogP contribution in [-0.2, 0) is 11.3 Å². The minimum absolute atomic E-state index is 0.0773. The van der Waals surface area contributed by atoms with Crippen LogP contribution in [-0.4, -0.2) is 40.6 Å². The van der Waals surface area contributed by atoms with Gasteiger partial charge in [-0.3, -0.25) is 9.69 Å². The predicted octanol–water partition coefficient (Wildman–Crippen LogP) is 1.43. The van der Waals surface area contributed by atoms with E-state index in [1.807, 2.05) is 0 Å². The lowest BCUT2D eigenvalue weighted by molar-refractivity contribution is -0.124. The Hall–Kier alpha value is -1.46. The largest absolute Gasteiger partial charge is 0.393 e. The monoisotopic (exact) mass is 292 g/mol. The Bertz CT molecular complexity index is 509. The first-order chi connectivity index (χ1) is 10.1. The van der Waals surface area contributed by atoms with Gasteiger partial charge < -0.3 is 10.4 Å². The number of carbonyl (C=O) groups is 1. The van der Waals surface area contributed by atoms with Crippen LogP contribution in [0.1, 0.15) is 31.2 Å². The van der Waals surface area contributed by atoms with E-state index in [2.05, 4.69) is 10.2 Å². The highest BCUT2D eigenvalue weighted by molar-refractivity contribution is 5.78. The number of halogens is 1. The van der Waals surface area contributed by atoms with E-state index < -0.39 is 0 Å². The molecule has 3 rings (SSSR count). The van der Waals surface area contributed by atoms with Gasteiger partial charge in [-0.25, -0.2) is 4.39 Å². The Balaban J connectivity index is 1.52. The number of hydrogen-bond donors (Lipinski definition) is 2. The molecular formula is C16H21FN2O2. The molecule has 1 aromatic carbocycles. The Morgan fingerprint density at radius 1 is 1.29 bits per heavy atom. The van der Waals surface area contributed by atoms with Gasteiger partial charge in [0.2, 0.25) is 5.91 Å². The average molecular weight is 292 g/mol. The van der Waals surface area contributed by atoms with Crippen LogP contribution < -0.4 is 5.32 Å². The third-order valence-corrected chi connectivity index (χ3v) is 4.62. The van der Waals surface area contributed by atoms with Crippen LogP contribution in [0.15, 0.2) is 24.3 Å². The number of piperidine rings is 1. The van der Waals surface area contributed by atoms with Crippen molar-refractivity contribution < 1.29 is 14.3 Å². The molecule has 2 aliphatic heterocycles. The zero-order valence-electron chi connectivity index (χ0n) is 12.0. The van der Waals surface area contributed by atoms with E-state index in [0.717, 1.165) is 25.7 Å². The molecule has 1 aromatic rings. The SMILES string of the molecule is O=C(CN1C2CCC1CC(O)C2)NCc1ccccc1F. The number of amides is 1. The summed E-state index contributed by atoms with van der Waals surface area (Å²) in [5, 5.41) is 12.5. The second-order valence-corrected chi connectivity index (χ2v) is 6.05. The lowest BCUT2D eigenvalue weighted by Crippen LogP contribution is -2.48. The number of carbonyl (C=O) groups excluding carboxylic acids is 1. The second kappa shape index (κ2) is 6.12. The van der Waals surface area contributed by atoms with Crippen LogP contribution in [0.4, 0.5) is 4.39 Å². The number of aliphatic hydroxyl groups excluding tert-OH is 1. The quantitative estimate of drug-likeness (QED) is 0.882. The zero-order chi connectivity index (χ0) is 14.8. The number of benzene rings is 1. The Morgan fingerprint density at radius 3 is 2.62 bits per heavy atom. The van der Waals surface area contributed by atoms with Gasteiger partial charge >= 0.3 is 0 Å². The number of nitrogens with one attached hydrogen (secondary N) is 1. The normalized spacial score (nSPS) is 28.6. The molecule has 2 N–H and O–H groups in total. The van der Waals surface area contributed by atoms with Crippen LogP contribution in [0.5, 0.6) is 0 Å². The van der Waals surface area contributed by atoms with Gasteiger partial charge in [0.15, 0.2) is 0 Å². The molecule has 2 unspecified atom stereocenters. The number of aliphatic hydroxyl groups is 1. The minimum atomic E-state index is -0.293. The highest BCUT2D eigenvalue weighted by atomic mass is 19.1. The third kappa shape index (κ3) is 3.24. The first-order valence-corrected chi connectivity index (χ1v) is 7.57. The van der Waals surface area contributed by atoms with Gasteiger partial charge in [0, 0.05) is 24.2 Å². The topological polar surface area (TPSA) is 52.6 Å². The van der Waals surface area contributed by atoms with E-state index in [1.165, 1.54) is 6.07 Å². The summed E-state index contributed by atoms with van der Waals surface area (Å²) < 4.78 is 13.5. The molecule has 1 amide bonds. The zero-order valence-corrected chi connectivity index (χ0v) is 12.0. The first-order valence-electron chi connectivity index (χ1n) is 7.57. The molecule has 21 heavy (non-hydrogen) atoms. The fraction of sp³-hybridized carbons (Fsp3) is 0.562. The lowest BCUT2D eigenvalue weighted by Gasteiger charge is -2.36. The van der Waals surface area contributed by atoms with Gasteiger partial charge in [-0.2, -0.15) is 0 Å². The molecular weight excluding hydrogens is 271 g/mol. The maximum absolute atomic E-state index is 13.5. The Labute approximate surface area is 124 Å². The predicted molar refractivity (Wildman–Crippen MR) is 77.0 cm³/mol. The summed E-state index contributed by atoms with van der Waals surface area (Å²) in [6, 6.07) is 7.11. The Morgan fingerprint density at radius 2 is 1.95 bits per heavy atom. The van der Waals surface area contributed by atoms with Crippen LogP contribution in [0.25, 0.3) is 0 Å². The molecule has 2 aliphatic rings. The smallest absolute Gasteiger partial charge is 0.234 e. The maximum Gasteiger partial charge on any atom is 0.234 e. The minimum Gasteiger partial charge on any atom is -0.393 e. The number of nitrogens with zero attached hydrogens (tertiary/aromatic N) is 1. The fourth-order valence-corrected chi connectivity index (χ4v) is 3.56.